The fraction of sp³-hybridized carbons (Fsp3) is 0.0714. The first-order valence-corrected chi connectivity index (χ1v) is 6.63. The molecule has 5 heteroatoms. The van der Waals surface area contributed by atoms with Gasteiger partial charge >= 0.3 is 0 Å². The molecule has 0 saturated heterocycles. The third-order valence-corrected chi connectivity index (χ3v) is 3.42. The molecule has 0 fully saturated rings. The normalized spacial score (nSPS) is 10.3. The Balaban J connectivity index is 2.28. The van der Waals surface area contributed by atoms with E-state index in [0.29, 0.717) is 26.3 Å². The Hall–Kier alpha value is -1.22. The summed E-state index contributed by atoms with van der Waals surface area (Å²) < 4.78 is 0. The summed E-state index contributed by atoms with van der Waals surface area (Å²) in [5.41, 5.74) is 1.91. The average molecular weight is 315 g/mol. The summed E-state index contributed by atoms with van der Waals surface area (Å²) in [6.45, 7) is 1.92. The summed E-state index contributed by atoms with van der Waals surface area (Å²) in [7, 11) is 0. The minimum absolute atomic E-state index is 0.300. The van der Waals surface area contributed by atoms with Crippen molar-refractivity contribution in [3.05, 3.63) is 62.6 Å². The van der Waals surface area contributed by atoms with Crippen LogP contribution >= 0.6 is 34.8 Å². The number of aryl methyl sites for hydroxylation is 1. The van der Waals surface area contributed by atoms with Gasteiger partial charge in [0.15, 0.2) is 0 Å². The number of amides is 1. The Morgan fingerprint density at radius 2 is 1.74 bits per heavy atom. The minimum atomic E-state index is -0.325. The van der Waals surface area contributed by atoms with E-state index in [2.05, 4.69) is 5.32 Å². The predicted octanol–water partition coefficient (Wildman–Crippen LogP) is 5.21. The van der Waals surface area contributed by atoms with Gasteiger partial charge < -0.3 is 5.32 Å². The van der Waals surface area contributed by atoms with Crippen molar-refractivity contribution in [2.45, 2.75) is 6.92 Å². The summed E-state index contributed by atoms with van der Waals surface area (Å²) in [5, 5.41) is 3.99. The van der Waals surface area contributed by atoms with Gasteiger partial charge in [0.25, 0.3) is 5.91 Å². The van der Waals surface area contributed by atoms with E-state index in [1.54, 1.807) is 24.3 Å². The molecule has 0 aliphatic carbocycles. The second kappa shape index (κ2) is 5.83. The monoisotopic (exact) mass is 313 g/mol. The molecule has 1 N–H and O–H groups in total. The summed E-state index contributed by atoms with van der Waals surface area (Å²) in [6.07, 6.45) is 0. The zero-order chi connectivity index (χ0) is 14.0. The van der Waals surface area contributed by atoms with Crippen molar-refractivity contribution in [1.29, 1.82) is 0 Å². The van der Waals surface area contributed by atoms with Gasteiger partial charge in [0.1, 0.15) is 0 Å². The largest absolute Gasteiger partial charge is 0.321 e. The fourth-order valence-electron chi connectivity index (χ4n) is 1.60. The van der Waals surface area contributed by atoms with Crippen LogP contribution in [-0.4, -0.2) is 5.91 Å². The van der Waals surface area contributed by atoms with Crippen LogP contribution in [0.2, 0.25) is 15.1 Å². The van der Waals surface area contributed by atoms with Crippen molar-refractivity contribution in [1.82, 2.24) is 0 Å². The van der Waals surface area contributed by atoms with E-state index < -0.39 is 0 Å². The van der Waals surface area contributed by atoms with Crippen LogP contribution in [0.1, 0.15) is 15.9 Å². The Bertz CT molecular complexity index is 641. The molecule has 0 unspecified atom stereocenters. The highest BCUT2D eigenvalue weighted by Gasteiger charge is 2.12. The Labute approximate surface area is 126 Å². The van der Waals surface area contributed by atoms with Crippen LogP contribution in [0.4, 0.5) is 5.69 Å². The van der Waals surface area contributed by atoms with Crippen LogP contribution in [0.5, 0.6) is 0 Å². The van der Waals surface area contributed by atoms with Crippen molar-refractivity contribution in [2.75, 3.05) is 5.32 Å². The molecule has 0 atom stereocenters. The van der Waals surface area contributed by atoms with Crippen LogP contribution in [-0.2, 0) is 0 Å². The van der Waals surface area contributed by atoms with Crippen molar-refractivity contribution < 1.29 is 4.79 Å². The summed E-state index contributed by atoms with van der Waals surface area (Å²) in [4.78, 5) is 12.1. The number of anilines is 1. The standard InChI is InChI=1S/C14H10Cl3NO/c1-8-2-5-11(16)13(6-8)18-14(19)10-4-3-9(15)7-12(10)17/h2-7H,1H3,(H,18,19). The van der Waals surface area contributed by atoms with Gasteiger partial charge in [-0.15, -0.1) is 0 Å². The van der Waals surface area contributed by atoms with E-state index in [1.165, 1.54) is 6.07 Å². The SMILES string of the molecule is Cc1ccc(Cl)c(NC(=O)c2ccc(Cl)cc2Cl)c1. The molecule has 0 aromatic heterocycles. The van der Waals surface area contributed by atoms with Gasteiger partial charge in [-0.1, -0.05) is 40.9 Å². The smallest absolute Gasteiger partial charge is 0.257 e. The highest BCUT2D eigenvalue weighted by atomic mass is 35.5. The van der Waals surface area contributed by atoms with Gasteiger partial charge in [-0.2, -0.15) is 0 Å². The minimum Gasteiger partial charge on any atom is -0.321 e. The average Bonchev–Trinajstić information content (AvgIpc) is 2.33. The van der Waals surface area contributed by atoms with Crippen LogP contribution in [0.25, 0.3) is 0 Å². The lowest BCUT2D eigenvalue weighted by atomic mass is 10.2. The molecule has 0 aliphatic heterocycles. The Morgan fingerprint density at radius 1 is 1.00 bits per heavy atom. The van der Waals surface area contributed by atoms with E-state index >= 15 is 0 Å². The van der Waals surface area contributed by atoms with Gasteiger partial charge in [0, 0.05) is 5.02 Å². The molecule has 0 spiro atoms. The fourth-order valence-corrected chi connectivity index (χ4v) is 2.26. The number of rotatable bonds is 2. The molecule has 98 valence electrons. The number of carbonyl (C=O) groups excluding carboxylic acids is 1. The number of halogens is 3. The van der Waals surface area contributed by atoms with Crippen LogP contribution in [0, 0.1) is 6.92 Å². The maximum Gasteiger partial charge on any atom is 0.257 e. The maximum atomic E-state index is 12.1. The lowest BCUT2D eigenvalue weighted by Gasteiger charge is -2.09. The molecule has 0 saturated carbocycles. The van der Waals surface area contributed by atoms with Crippen molar-refractivity contribution in [3.63, 3.8) is 0 Å². The van der Waals surface area contributed by atoms with Gasteiger partial charge in [-0.3, -0.25) is 4.79 Å². The zero-order valence-corrected chi connectivity index (χ0v) is 12.3. The van der Waals surface area contributed by atoms with Gasteiger partial charge in [0.2, 0.25) is 0 Å². The van der Waals surface area contributed by atoms with Gasteiger partial charge in [0.05, 0.1) is 21.3 Å². The number of hydrogen-bond acceptors (Lipinski definition) is 1. The Morgan fingerprint density at radius 3 is 2.42 bits per heavy atom. The summed E-state index contributed by atoms with van der Waals surface area (Å²) in [5.74, 6) is -0.325. The number of benzene rings is 2. The molecule has 2 rings (SSSR count). The highest BCUT2D eigenvalue weighted by Crippen LogP contribution is 2.25. The maximum absolute atomic E-state index is 12.1. The molecule has 0 heterocycles. The van der Waals surface area contributed by atoms with Crippen molar-refractivity contribution >= 4 is 46.4 Å². The first kappa shape index (κ1) is 14.2. The second-order valence-electron chi connectivity index (χ2n) is 4.06. The second-order valence-corrected chi connectivity index (χ2v) is 5.31. The zero-order valence-electron chi connectivity index (χ0n) is 10.0. The van der Waals surface area contributed by atoms with E-state index in [4.69, 9.17) is 34.8 Å². The van der Waals surface area contributed by atoms with Gasteiger partial charge in [-0.05, 0) is 42.8 Å². The molecular weight excluding hydrogens is 305 g/mol. The van der Waals surface area contributed by atoms with Crippen LogP contribution < -0.4 is 5.32 Å². The topological polar surface area (TPSA) is 29.1 Å². The number of hydrogen-bond donors (Lipinski definition) is 1. The molecule has 0 aliphatic rings. The lowest BCUT2D eigenvalue weighted by Crippen LogP contribution is -2.12. The first-order valence-electron chi connectivity index (χ1n) is 5.50. The first-order chi connectivity index (χ1) is 8.97. The quantitative estimate of drug-likeness (QED) is 0.810. The van der Waals surface area contributed by atoms with Crippen molar-refractivity contribution in [3.8, 4) is 0 Å². The summed E-state index contributed by atoms with van der Waals surface area (Å²) in [6, 6.07) is 10.1. The molecule has 1 amide bonds. The van der Waals surface area contributed by atoms with Crippen molar-refractivity contribution in [2.24, 2.45) is 0 Å². The predicted molar refractivity (Wildman–Crippen MR) is 80.6 cm³/mol. The Kier molecular flexibility index (Phi) is 4.35. The number of carbonyl (C=O) groups is 1. The molecule has 2 nitrogen and oxygen atoms in total. The van der Waals surface area contributed by atoms with E-state index in [9.17, 15) is 4.79 Å². The third kappa shape index (κ3) is 3.41. The molecule has 19 heavy (non-hydrogen) atoms. The number of nitrogens with one attached hydrogen (secondary N) is 1. The van der Waals surface area contributed by atoms with E-state index in [1.807, 2.05) is 13.0 Å². The molecule has 2 aromatic rings. The summed E-state index contributed by atoms with van der Waals surface area (Å²) >= 11 is 17.8. The van der Waals surface area contributed by atoms with E-state index in [0.717, 1.165) is 5.56 Å². The van der Waals surface area contributed by atoms with Crippen LogP contribution in [0.3, 0.4) is 0 Å². The molecule has 0 bridgehead atoms. The van der Waals surface area contributed by atoms with E-state index in [-0.39, 0.29) is 5.91 Å². The highest BCUT2D eigenvalue weighted by molar-refractivity contribution is 6.37. The lowest BCUT2D eigenvalue weighted by molar-refractivity contribution is 0.102. The molecule has 2 aromatic carbocycles. The molecule has 0 radical (unpaired) electrons. The third-order valence-electron chi connectivity index (χ3n) is 2.55. The van der Waals surface area contributed by atoms with Crippen LogP contribution in [0.15, 0.2) is 36.4 Å². The van der Waals surface area contributed by atoms with Gasteiger partial charge in [-0.25, -0.2) is 0 Å². The molecular formula is C14H10Cl3NO.